The molecule has 1 aliphatic heterocycles. The van der Waals surface area contributed by atoms with E-state index in [4.69, 9.17) is 4.74 Å². The molecule has 1 saturated heterocycles. The van der Waals surface area contributed by atoms with Gasteiger partial charge in [-0.25, -0.2) is 4.79 Å². The number of methoxy groups -OCH3 is 1. The second-order valence-corrected chi connectivity index (χ2v) is 7.55. The molecule has 1 aliphatic rings. The fourth-order valence-electron chi connectivity index (χ4n) is 3.47. The van der Waals surface area contributed by atoms with Crippen molar-refractivity contribution in [1.29, 1.82) is 0 Å². The highest BCUT2D eigenvalue weighted by molar-refractivity contribution is 5.81. The first-order chi connectivity index (χ1) is 12.9. The van der Waals surface area contributed by atoms with Crippen molar-refractivity contribution in [3.8, 4) is 0 Å². The van der Waals surface area contributed by atoms with Gasteiger partial charge in [0.05, 0.1) is 5.92 Å². The lowest BCUT2D eigenvalue weighted by molar-refractivity contribution is -0.137. The first kappa shape index (κ1) is 21.2. The molecule has 0 saturated carbocycles. The SMILES string of the molecule is COCCCN(Cc1ccc(C)cc1)C(=O)[C@@H]1CCCN(C(=O)N(C)C)C1. The van der Waals surface area contributed by atoms with Gasteiger partial charge >= 0.3 is 6.03 Å². The van der Waals surface area contributed by atoms with E-state index in [1.807, 2.05) is 4.90 Å². The van der Waals surface area contributed by atoms with E-state index in [9.17, 15) is 9.59 Å². The molecule has 6 heteroatoms. The molecule has 1 aromatic carbocycles. The zero-order chi connectivity index (χ0) is 19.8. The molecule has 6 nitrogen and oxygen atoms in total. The van der Waals surface area contributed by atoms with E-state index in [0.717, 1.165) is 31.4 Å². The van der Waals surface area contributed by atoms with Crippen molar-refractivity contribution in [3.63, 3.8) is 0 Å². The minimum absolute atomic E-state index is 0.0167. The van der Waals surface area contributed by atoms with E-state index < -0.39 is 0 Å². The Morgan fingerprint density at radius 2 is 1.93 bits per heavy atom. The molecular weight excluding hydrogens is 342 g/mol. The number of urea groups is 1. The van der Waals surface area contributed by atoms with Gasteiger partial charge in [0.25, 0.3) is 0 Å². The van der Waals surface area contributed by atoms with E-state index in [1.165, 1.54) is 5.56 Å². The summed E-state index contributed by atoms with van der Waals surface area (Å²) in [5.41, 5.74) is 2.34. The fourth-order valence-corrected chi connectivity index (χ4v) is 3.47. The maximum Gasteiger partial charge on any atom is 0.319 e. The molecule has 2 rings (SSSR count). The summed E-state index contributed by atoms with van der Waals surface area (Å²) in [6.07, 6.45) is 2.51. The summed E-state index contributed by atoms with van der Waals surface area (Å²) in [4.78, 5) is 30.8. The lowest BCUT2D eigenvalue weighted by atomic mass is 9.96. The van der Waals surface area contributed by atoms with Crippen LogP contribution in [0.1, 0.15) is 30.4 Å². The Morgan fingerprint density at radius 1 is 1.22 bits per heavy atom. The molecular formula is C21H33N3O3. The largest absolute Gasteiger partial charge is 0.385 e. The fraction of sp³-hybridized carbons (Fsp3) is 0.619. The molecule has 27 heavy (non-hydrogen) atoms. The lowest BCUT2D eigenvalue weighted by Gasteiger charge is -2.36. The molecule has 1 heterocycles. The number of hydrogen-bond acceptors (Lipinski definition) is 3. The molecule has 0 unspecified atom stereocenters. The molecule has 1 fully saturated rings. The third-order valence-corrected chi connectivity index (χ3v) is 5.01. The lowest BCUT2D eigenvalue weighted by Crippen LogP contribution is -2.49. The smallest absolute Gasteiger partial charge is 0.319 e. The predicted octanol–water partition coefficient (Wildman–Crippen LogP) is 2.75. The molecule has 3 amide bonds. The predicted molar refractivity (Wildman–Crippen MR) is 106 cm³/mol. The quantitative estimate of drug-likeness (QED) is 0.689. The number of aryl methyl sites for hydroxylation is 1. The first-order valence-electron chi connectivity index (χ1n) is 9.72. The number of carbonyl (C=O) groups is 2. The summed E-state index contributed by atoms with van der Waals surface area (Å²) in [7, 11) is 5.18. The van der Waals surface area contributed by atoms with Gasteiger partial charge in [-0.15, -0.1) is 0 Å². The zero-order valence-corrected chi connectivity index (χ0v) is 17.1. The number of hydrogen-bond donors (Lipinski definition) is 0. The number of rotatable bonds is 7. The number of benzene rings is 1. The minimum Gasteiger partial charge on any atom is -0.385 e. The van der Waals surface area contributed by atoms with Crippen LogP contribution < -0.4 is 0 Å². The first-order valence-corrected chi connectivity index (χ1v) is 9.72. The molecule has 0 aromatic heterocycles. The van der Waals surface area contributed by atoms with Crippen LogP contribution in [0.2, 0.25) is 0 Å². The van der Waals surface area contributed by atoms with Gasteiger partial charge < -0.3 is 19.4 Å². The molecule has 0 N–H and O–H groups in total. The van der Waals surface area contributed by atoms with Crippen LogP contribution in [0.15, 0.2) is 24.3 Å². The van der Waals surface area contributed by atoms with Gasteiger partial charge in [0.2, 0.25) is 5.91 Å². The van der Waals surface area contributed by atoms with Crippen LogP contribution in [-0.4, -0.2) is 74.1 Å². The normalized spacial score (nSPS) is 16.9. The molecule has 0 radical (unpaired) electrons. The second-order valence-electron chi connectivity index (χ2n) is 7.55. The van der Waals surface area contributed by atoms with Gasteiger partial charge in [0, 0.05) is 54.0 Å². The number of likely N-dealkylation sites (tertiary alicyclic amines) is 1. The van der Waals surface area contributed by atoms with Crippen LogP contribution in [0.4, 0.5) is 4.79 Å². The number of nitrogens with zero attached hydrogens (tertiary/aromatic N) is 3. The monoisotopic (exact) mass is 375 g/mol. The maximum atomic E-state index is 13.2. The van der Waals surface area contributed by atoms with Crippen molar-refractivity contribution in [2.24, 2.45) is 5.92 Å². The van der Waals surface area contributed by atoms with Crippen LogP contribution in [0.5, 0.6) is 0 Å². The Balaban J connectivity index is 2.07. The standard InChI is InChI=1S/C21H33N3O3/c1-17-8-10-18(11-9-17)15-23(13-6-14-27-4)20(25)19-7-5-12-24(16-19)21(26)22(2)3/h8-11,19H,5-7,12-16H2,1-4H3/t19-/m1/s1. The van der Waals surface area contributed by atoms with E-state index >= 15 is 0 Å². The highest BCUT2D eigenvalue weighted by atomic mass is 16.5. The van der Waals surface area contributed by atoms with Crippen LogP contribution in [0, 0.1) is 12.8 Å². The van der Waals surface area contributed by atoms with Crippen LogP contribution in [-0.2, 0) is 16.1 Å². The Morgan fingerprint density at radius 3 is 2.56 bits per heavy atom. The summed E-state index contributed by atoms with van der Waals surface area (Å²) in [5, 5.41) is 0. The van der Waals surface area contributed by atoms with Crippen molar-refractivity contribution < 1.29 is 14.3 Å². The second kappa shape index (κ2) is 10.3. The number of carbonyl (C=O) groups excluding carboxylic acids is 2. The number of piperidine rings is 1. The van der Waals surface area contributed by atoms with E-state index in [2.05, 4.69) is 31.2 Å². The number of ether oxygens (including phenoxy) is 1. The van der Waals surface area contributed by atoms with Crippen molar-refractivity contribution >= 4 is 11.9 Å². The third-order valence-electron chi connectivity index (χ3n) is 5.01. The third kappa shape index (κ3) is 6.24. The molecule has 0 aliphatic carbocycles. The van der Waals surface area contributed by atoms with E-state index in [1.54, 1.807) is 31.0 Å². The van der Waals surface area contributed by atoms with Gasteiger partial charge in [0.1, 0.15) is 0 Å². The summed E-state index contributed by atoms with van der Waals surface area (Å²) < 4.78 is 5.16. The van der Waals surface area contributed by atoms with E-state index in [-0.39, 0.29) is 17.9 Å². The molecule has 150 valence electrons. The van der Waals surface area contributed by atoms with Crippen LogP contribution in [0.25, 0.3) is 0 Å². The Labute approximate surface area is 163 Å². The maximum absolute atomic E-state index is 13.2. The van der Waals surface area contributed by atoms with E-state index in [0.29, 0.717) is 26.2 Å². The van der Waals surface area contributed by atoms with Gasteiger partial charge in [0.15, 0.2) is 0 Å². The molecule has 0 spiro atoms. The molecule has 1 atom stereocenters. The summed E-state index contributed by atoms with van der Waals surface area (Å²) >= 11 is 0. The van der Waals surface area contributed by atoms with Crippen molar-refractivity contribution in [3.05, 3.63) is 35.4 Å². The Hall–Kier alpha value is -2.08. The zero-order valence-electron chi connectivity index (χ0n) is 17.1. The minimum atomic E-state index is -0.129. The van der Waals surface area contributed by atoms with Gasteiger partial charge in [-0.1, -0.05) is 29.8 Å². The summed E-state index contributed by atoms with van der Waals surface area (Å²) in [5.74, 6) is 0.0126. The van der Waals surface area contributed by atoms with Crippen molar-refractivity contribution in [1.82, 2.24) is 14.7 Å². The number of amides is 3. The van der Waals surface area contributed by atoms with Crippen LogP contribution in [0.3, 0.4) is 0 Å². The summed E-state index contributed by atoms with van der Waals surface area (Å²) in [6.45, 7) is 5.18. The molecule has 1 aromatic rings. The van der Waals surface area contributed by atoms with Gasteiger partial charge in [-0.3, -0.25) is 4.79 Å². The topological polar surface area (TPSA) is 53.1 Å². The average molecular weight is 376 g/mol. The molecule has 0 bridgehead atoms. The highest BCUT2D eigenvalue weighted by Crippen LogP contribution is 2.21. The van der Waals surface area contributed by atoms with Crippen molar-refractivity contribution in [2.45, 2.75) is 32.7 Å². The average Bonchev–Trinajstić information content (AvgIpc) is 2.67. The Bertz CT molecular complexity index is 616. The Kier molecular flexibility index (Phi) is 8.10. The summed E-state index contributed by atoms with van der Waals surface area (Å²) in [6, 6.07) is 8.29. The van der Waals surface area contributed by atoms with Crippen molar-refractivity contribution in [2.75, 3.05) is 47.4 Å². The van der Waals surface area contributed by atoms with Gasteiger partial charge in [-0.2, -0.15) is 0 Å². The highest BCUT2D eigenvalue weighted by Gasteiger charge is 2.31. The van der Waals surface area contributed by atoms with Crippen LogP contribution >= 0.6 is 0 Å². The van der Waals surface area contributed by atoms with Gasteiger partial charge in [-0.05, 0) is 31.7 Å².